The van der Waals surface area contributed by atoms with Crippen molar-refractivity contribution in [2.75, 3.05) is 0 Å². The third-order valence-electron chi connectivity index (χ3n) is 4.40. The van der Waals surface area contributed by atoms with E-state index in [0.29, 0.717) is 0 Å². The van der Waals surface area contributed by atoms with E-state index in [2.05, 4.69) is 60.8 Å². The van der Waals surface area contributed by atoms with Crippen LogP contribution >= 0.6 is 0 Å². The van der Waals surface area contributed by atoms with Crippen LogP contribution in [0.15, 0.2) is 89.6 Å². The van der Waals surface area contributed by atoms with Gasteiger partial charge in [-0.3, -0.25) is 0 Å². The Kier molecular flexibility index (Phi) is 6.89. The SMILES string of the molecule is C1=CCCC2=CC=[C]([Zr+2][C]3=CC=C4CCC=CC=C43)C2=C1.[Cl-].[Cl-]. The predicted molar refractivity (Wildman–Crippen MR) is 85.2 cm³/mol. The van der Waals surface area contributed by atoms with E-state index in [1.54, 1.807) is 17.7 Å². The van der Waals surface area contributed by atoms with Crippen LogP contribution in [0.25, 0.3) is 0 Å². The molecule has 0 fully saturated rings. The van der Waals surface area contributed by atoms with Crippen molar-refractivity contribution >= 4 is 0 Å². The van der Waals surface area contributed by atoms with Crippen LogP contribution in [0.3, 0.4) is 0 Å². The fourth-order valence-corrected chi connectivity index (χ4v) is 6.66. The second-order valence-corrected chi connectivity index (χ2v) is 9.03. The van der Waals surface area contributed by atoms with Gasteiger partial charge in [-0.05, 0) is 0 Å². The van der Waals surface area contributed by atoms with E-state index >= 15 is 0 Å². The summed E-state index contributed by atoms with van der Waals surface area (Å²) in [5.74, 6) is 0. The van der Waals surface area contributed by atoms with E-state index in [9.17, 15) is 0 Å². The van der Waals surface area contributed by atoms with Crippen molar-refractivity contribution in [1.29, 1.82) is 0 Å². The average Bonchev–Trinajstić information content (AvgIpc) is 2.85. The standard InChI is InChI=1S/2C10H9.2ClH.Zr/c2*1-2-5-9-7-4-8-10(9)6-3-1;;;/h2*1-2,4-5,8H,3,6H2;2*1H;/q;;;;+2/p-2. The van der Waals surface area contributed by atoms with E-state index in [1.807, 2.05) is 0 Å². The molecule has 0 amide bonds. The van der Waals surface area contributed by atoms with Crippen molar-refractivity contribution < 1.29 is 48.0 Å². The molecule has 0 spiro atoms. The predicted octanol–water partition coefficient (Wildman–Crippen LogP) is -0.722. The second-order valence-electron chi connectivity index (χ2n) is 5.76. The molecule has 0 N–H and O–H groups in total. The van der Waals surface area contributed by atoms with Gasteiger partial charge in [0.1, 0.15) is 0 Å². The van der Waals surface area contributed by atoms with Gasteiger partial charge < -0.3 is 24.8 Å². The Morgan fingerprint density at radius 3 is 1.57 bits per heavy atom. The van der Waals surface area contributed by atoms with Crippen LogP contribution in [-0.2, 0) is 23.2 Å². The Morgan fingerprint density at radius 1 is 0.609 bits per heavy atom. The largest absolute Gasteiger partial charge is 1.00 e. The van der Waals surface area contributed by atoms with Gasteiger partial charge in [-0.15, -0.1) is 0 Å². The Balaban J connectivity index is 0.000000960. The molecule has 0 saturated carbocycles. The molecule has 0 aliphatic heterocycles. The van der Waals surface area contributed by atoms with Gasteiger partial charge in [0.05, 0.1) is 0 Å². The maximum Gasteiger partial charge on any atom is -1.00 e. The van der Waals surface area contributed by atoms with Gasteiger partial charge in [-0.2, -0.15) is 0 Å². The topological polar surface area (TPSA) is 0 Å². The Hall–Kier alpha value is -0.617. The number of fused-ring (bicyclic) bond motifs is 2. The fourth-order valence-electron chi connectivity index (χ4n) is 3.26. The number of hydrogen-bond donors (Lipinski definition) is 0. The van der Waals surface area contributed by atoms with Crippen LogP contribution in [-0.4, -0.2) is 0 Å². The van der Waals surface area contributed by atoms with E-state index in [-0.39, 0.29) is 24.8 Å². The summed E-state index contributed by atoms with van der Waals surface area (Å²) in [5, 5.41) is 0. The Labute approximate surface area is 162 Å². The molecule has 23 heavy (non-hydrogen) atoms. The molecular formula is C20H18Cl2Zr. The van der Waals surface area contributed by atoms with Crippen molar-refractivity contribution in [2.45, 2.75) is 25.7 Å². The molecule has 3 heteroatoms. The quantitative estimate of drug-likeness (QED) is 0.553. The number of hydrogen-bond acceptors (Lipinski definition) is 0. The summed E-state index contributed by atoms with van der Waals surface area (Å²) in [6.07, 6.45) is 28.1. The molecule has 0 aromatic heterocycles. The van der Waals surface area contributed by atoms with Crippen LogP contribution in [0.4, 0.5) is 0 Å². The molecule has 0 atom stereocenters. The van der Waals surface area contributed by atoms with E-state index in [4.69, 9.17) is 0 Å². The van der Waals surface area contributed by atoms with Gasteiger partial charge in [0.25, 0.3) is 0 Å². The van der Waals surface area contributed by atoms with Crippen molar-refractivity contribution in [3.05, 3.63) is 89.6 Å². The first kappa shape index (κ1) is 18.7. The molecule has 4 rings (SSSR count). The molecule has 0 nitrogen and oxygen atoms in total. The van der Waals surface area contributed by atoms with Gasteiger partial charge in [0.15, 0.2) is 0 Å². The molecule has 0 aromatic rings. The molecule has 0 saturated heterocycles. The zero-order valence-electron chi connectivity index (χ0n) is 12.9. The first-order valence-corrected chi connectivity index (χ1v) is 10.2. The average molecular weight is 420 g/mol. The molecule has 4 aliphatic rings. The minimum Gasteiger partial charge on any atom is -1.00 e. The molecule has 4 aliphatic carbocycles. The third-order valence-corrected chi connectivity index (χ3v) is 7.87. The minimum atomic E-state index is -0.707. The normalized spacial score (nSPS) is 20.7. The number of rotatable bonds is 2. The van der Waals surface area contributed by atoms with E-state index in [0.717, 1.165) is 0 Å². The first-order valence-electron chi connectivity index (χ1n) is 7.76. The van der Waals surface area contributed by atoms with Gasteiger partial charge in [-0.1, -0.05) is 0 Å². The first-order chi connectivity index (χ1) is 10.4. The Bertz CT molecular complexity index is 663. The van der Waals surface area contributed by atoms with Gasteiger partial charge >= 0.3 is 139 Å². The second kappa shape index (κ2) is 8.47. The zero-order chi connectivity index (χ0) is 14.1. The maximum absolute atomic E-state index is 2.40. The van der Waals surface area contributed by atoms with Crippen molar-refractivity contribution in [2.24, 2.45) is 0 Å². The smallest absolute Gasteiger partial charge is 1.00 e. The van der Waals surface area contributed by atoms with Crippen LogP contribution in [0.5, 0.6) is 0 Å². The third kappa shape index (κ3) is 3.90. The van der Waals surface area contributed by atoms with Crippen LogP contribution < -0.4 is 24.8 Å². The van der Waals surface area contributed by atoms with Gasteiger partial charge in [0.2, 0.25) is 0 Å². The Morgan fingerprint density at radius 2 is 1.09 bits per heavy atom. The van der Waals surface area contributed by atoms with Crippen LogP contribution in [0.2, 0.25) is 0 Å². The van der Waals surface area contributed by atoms with Crippen LogP contribution in [0, 0.1) is 0 Å². The van der Waals surface area contributed by atoms with Crippen LogP contribution in [0.1, 0.15) is 25.7 Å². The zero-order valence-corrected chi connectivity index (χ0v) is 16.8. The molecular weight excluding hydrogens is 402 g/mol. The summed E-state index contributed by atoms with van der Waals surface area (Å²) in [6.45, 7) is 0. The minimum absolute atomic E-state index is 0. The fraction of sp³-hybridized carbons (Fsp3) is 0.200. The number of halogens is 2. The van der Waals surface area contributed by atoms with Crippen molar-refractivity contribution in [3.63, 3.8) is 0 Å². The molecule has 0 unspecified atom stereocenters. The summed E-state index contributed by atoms with van der Waals surface area (Å²) < 4.78 is 3.30. The van der Waals surface area contributed by atoms with E-state index in [1.165, 1.54) is 36.8 Å². The number of allylic oxidation sites excluding steroid dienone is 16. The monoisotopic (exact) mass is 418 g/mol. The summed E-state index contributed by atoms with van der Waals surface area (Å²) in [6, 6.07) is 0. The summed E-state index contributed by atoms with van der Waals surface area (Å²) >= 11 is -0.707. The summed E-state index contributed by atoms with van der Waals surface area (Å²) in [7, 11) is 0. The molecule has 0 heterocycles. The van der Waals surface area contributed by atoms with Gasteiger partial charge in [-0.25, -0.2) is 0 Å². The molecule has 116 valence electrons. The molecule has 0 aromatic carbocycles. The molecule has 0 radical (unpaired) electrons. The van der Waals surface area contributed by atoms with E-state index < -0.39 is 23.2 Å². The summed E-state index contributed by atoms with van der Waals surface area (Å²) in [5.41, 5.74) is 6.18. The maximum atomic E-state index is 2.40. The van der Waals surface area contributed by atoms with Crippen molar-refractivity contribution in [3.8, 4) is 0 Å². The molecule has 0 bridgehead atoms. The van der Waals surface area contributed by atoms with Gasteiger partial charge in [0, 0.05) is 0 Å². The van der Waals surface area contributed by atoms with Crippen molar-refractivity contribution in [1.82, 2.24) is 0 Å². The summed E-state index contributed by atoms with van der Waals surface area (Å²) in [4.78, 5) is 0.